The van der Waals surface area contributed by atoms with Crippen molar-refractivity contribution in [1.29, 1.82) is 0 Å². The van der Waals surface area contributed by atoms with Gasteiger partial charge in [-0.05, 0) is 51.7 Å². The molecule has 0 fully saturated rings. The van der Waals surface area contributed by atoms with E-state index in [2.05, 4.69) is 17.6 Å². The molecule has 3 amide bonds. The Morgan fingerprint density at radius 2 is 1.15 bits per heavy atom. The van der Waals surface area contributed by atoms with Crippen molar-refractivity contribution < 1.29 is 28.6 Å². The van der Waals surface area contributed by atoms with Crippen LogP contribution < -0.4 is 39.3 Å². The second-order valence-corrected chi connectivity index (χ2v) is 7.55. The van der Waals surface area contributed by atoms with E-state index in [1.54, 1.807) is 0 Å². The van der Waals surface area contributed by atoms with Gasteiger partial charge in [-0.25, -0.2) is 14.4 Å². The van der Waals surface area contributed by atoms with Gasteiger partial charge in [0.25, 0.3) is 0 Å². The number of hydrogen-bond acceptors (Lipinski definition) is 10. The summed E-state index contributed by atoms with van der Waals surface area (Å²) in [6.45, 7) is 4.19. The van der Waals surface area contributed by atoms with E-state index in [1.807, 2.05) is 0 Å². The predicted octanol–water partition coefficient (Wildman–Crippen LogP) is 0.233. The smallest absolute Gasteiger partial charge is 0.407 e. The molecule has 0 bridgehead atoms. The third-order valence-corrected chi connectivity index (χ3v) is 4.41. The van der Waals surface area contributed by atoms with Gasteiger partial charge in [0, 0.05) is 6.54 Å². The Balaban J connectivity index is 0. The van der Waals surface area contributed by atoms with Crippen molar-refractivity contribution in [2.24, 2.45) is 28.7 Å². The van der Waals surface area contributed by atoms with Gasteiger partial charge in [-0.1, -0.05) is 26.2 Å². The molecule has 13 nitrogen and oxygen atoms in total. The first-order valence-corrected chi connectivity index (χ1v) is 11.9. The zero-order valence-corrected chi connectivity index (χ0v) is 20.6. The Labute approximate surface area is 203 Å². The van der Waals surface area contributed by atoms with E-state index in [0.717, 1.165) is 32.2 Å². The molecule has 0 radical (unpaired) electrons. The van der Waals surface area contributed by atoms with Gasteiger partial charge in [0.05, 0.1) is 12.1 Å². The van der Waals surface area contributed by atoms with Crippen molar-refractivity contribution in [3.05, 3.63) is 0 Å². The second-order valence-electron chi connectivity index (χ2n) is 7.55. The van der Waals surface area contributed by atoms with E-state index in [1.165, 1.54) is 12.8 Å². The van der Waals surface area contributed by atoms with Crippen molar-refractivity contribution in [2.45, 2.75) is 70.4 Å². The zero-order valence-electron chi connectivity index (χ0n) is 20.6. The van der Waals surface area contributed by atoms with E-state index >= 15 is 0 Å². The number of nitrogens with one attached hydrogen (secondary N) is 2. The molecule has 12 N–H and O–H groups in total. The largest absolute Gasteiger partial charge is 0.448 e. The summed E-state index contributed by atoms with van der Waals surface area (Å²) in [4.78, 5) is 34.6. The van der Waals surface area contributed by atoms with Gasteiger partial charge in [-0.2, -0.15) is 0 Å². The summed E-state index contributed by atoms with van der Waals surface area (Å²) in [5.41, 5.74) is 26.4. The average molecular weight is 494 g/mol. The van der Waals surface area contributed by atoms with Crippen LogP contribution in [0.2, 0.25) is 0 Å². The number of carbonyl (C=O) groups is 3. The highest BCUT2D eigenvalue weighted by Gasteiger charge is 2.18. The fraction of sp³-hybridized carbons (Fsp3) is 0.857. The Morgan fingerprint density at radius 1 is 0.676 bits per heavy atom. The third kappa shape index (κ3) is 24.3. The average Bonchev–Trinajstić information content (AvgIpc) is 2.80. The molecule has 202 valence electrons. The fourth-order valence-electron chi connectivity index (χ4n) is 2.60. The van der Waals surface area contributed by atoms with Crippen molar-refractivity contribution in [3.63, 3.8) is 0 Å². The number of carbonyl (C=O) groups excluding carboxylic acids is 3. The molecule has 0 saturated carbocycles. The minimum absolute atomic E-state index is 0.0552. The lowest BCUT2D eigenvalue weighted by Crippen LogP contribution is -2.43. The van der Waals surface area contributed by atoms with Gasteiger partial charge in [-0.3, -0.25) is 0 Å². The number of alkyl carbamates (subject to hydrolysis) is 2. The first-order valence-electron chi connectivity index (χ1n) is 11.9. The molecule has 0 rings (SSSR count). The quantitative estimate of drug-likeness (QED) is 0.101. The SMILES string of the molecule is CCCCN.NCCCCC(COC(N)=O)NC(=O)OC[C@H](CCCCN)NC(=O)OCCN. The minimum Gasteiger partial charge on any atom is -0.448 e. The van der Waals surface area contributed by atoms with Gasteiger partial charge in [-0.15, -0.1) is 0 Å². The lowest BCUT2D eigenvalue weighted by molar-refractivity contribution is 0.107. The molecule has 0 aliphatic carbocycles. The number of nitrogens with two attached hydrogens (primary N) is 5. The van der Waals surface area contributed by atoms with Gasteiger partial charge in [0.2, 0.25) is 0 Å². The van der Waals surface area contributed by atoms with Gasteiger partial charge in [0.15, 0.2) is 0 Å². The lowest BCUT2D eigenvalue weighted by atomic mass is 10.1. The van der Waals surface area contributed by atoms with E-state index in [0.29, 0.717) is 25.9 Å². The molecule has 13 heteroatoms. The predicted molar refractivity (Wildman–Crippen MR) is 131 cm³/mol. The first kappa shape index (κ1) is 33.8. The monoisotopic (exact) mass is 493 g/mol. The molecule has 0 aromatic carbocycles. The highest BCUT2D eigenvalue weighted by Crippen LogP contribution is 2.04. The Hall–Kier alpha value is -2.35. The number of ether oxygens (including phenoxy) is 3. The molecular formula is C21H47N7O6. The Bertz CT molecular complexity index is 512. The molecule has 0 aromatic heterocycles. The number of hydrogen-bond donors (Lipinski definition) is 7. The van der Waals surface area contributed by atoms with Crippen LogP contribution in [-0.2, 0) is 14.2 Å². The Kier molecular flexibility index (Phi) is 25.1. The highest BCUT2D eigenvalue weighted by atomic mass is 16.6. The Morgan fingerprint density at radius 3 is 1.53 bits per heavy atom. The van der Waals surface area contributed by atoms with Crippen LogP contribution >= 0.6 is 0 Å². The molecule has 0 spiro atoms. The van der Waals surface area contributed by atoms with Crippen LogP contribution in [0.3, 0.4) is 0 Å². The summed E-state index contributed by atoms with van der Waals surface area (Å²) < 4.78 is 14.9. The molecule has 2 atom stereocenters. The van der Waals surface area contributed by atoms with Crippen LogP contribution in [0.4, 0.5) is 14.4 Å². The molecular weight excluding hydrogens is 446 g/mol. The standard InChI is InChI=1S/C17H36N6O6.C4H11N/c18-7-3-1-5-13(11-28-15(21)24)23-17(26)29-12-14(6-2-4-8-19)22-16(25)27-10-9-20;1-2-3-4-5/h13-14H,1-12,18-20H2,(H2,21,24)(H,22,25)(H,23,26);2-5H2,1H3/t13?,14-;/m0./s1. The normalized spacial score (nSPS) is 11.9. The maximum absolute atomic E-state index is 12.1. The first-order chi connectivity index (χ1) is 16.3. The molecule has 0 aliphatic heterocycles. The molecule has 0 aromatic rings. The minimum atomic E-state index is -0.927. The van der Waals surface area contributed by atoms with Gasteiger partial charge >= 0.3 is 18.3 Å². The van der Waals surface area contributed by atoms with Crippen molar-refractivity contribution in [3.8, 4) is 0 Å². The lowest BCUT2D eigenvalue weighted by Gasteiger charge is -2.21. The van der Waals surface area contributed by atoms with Crippen molar-refractivity contribution >= 4 is 18.3 Å². The molecule has 34 heavy (non-hydrogen) atoms. The second kappa shape index (κ2) is 25.3. The third-order valence-electron chi connectivity index (χ3n) is 4.41. The molecule has 0 heterocycles. The summed E-state index contributed by atoms with van der Waals surface area (Å²) in [6.07, 6.45) is 4.26. The van der Waals surface area contributed by atoms with Crippen LogP contribution in [0.5, 0.6) is 0 Å². The van der Waals surface area contributed by atoms with Crippen LogP contribution in [0.1, 0.15) is 58.3 Å². The topological polar surface area (TPSA) is 233 Å². The highest BCUT2D eigenvalue weighted by molar-refractivity contribution is 5.69. The van der Waals surface area contributed by atoms with Crippen molar-refractivity contribution in [2.75, 3.05) is 46.0 Å². The van der Waals surface area contributed by atoms with Crippen LogP contribution in [-0.4, -0.2) is 76.4 Å². The number of unbranched alkanes of at least 4 members (excludes halogenated alkanes) is 3. The van der Waals surface area contributed by atoms with E-state index in [9.17, 15) is 14.4 Å². The summed E-state index contributed by atoms with van der Waals surface area (Å²) in [7, 11) is 0. The van der Waals surface area contributed by atoms with Crippen molar-refractivity contribution in [1.82, 2.24) is 10.6 Å². The van der Waals surface area contributed by atoms with Gasteiger partial charge < -0.3 is 53.5 Å². The maximum atomic E-state index is 12.1. The summed E-state index contributed by atoms with van der Waals surface area (Å²) >= 11 is 0. The van der Waals surface area contributed by atoms with E-state index in [-0.39, 0.29) is 26.4 Å². The van der Waals surface area contributed by atoms with Crippen LogP contribution in [0.15, 0.2) is 0 Å². The van der Waals surface area contributed by atoms with Gasteiger partial charge in [0.1, 0.15) is 19.8 Å². The molecule has 0 aliphatic rings. The number of primary amides is 1. The van der Waals surface area contributed by atoms with E-state index in [4.69, 9.17) is 42.9 Å². The number of rotatable bonds is 18. The maximum Gasteiger partial charge on any atom is 0.407 e. The molecule has 0 saturated heterocycles. The summed E-state index contributed by atoms with van der Waals surface area (Å²) in [5, 5.41) is 5.27. The van der Waals surface area contributed by atoms with Crippen LogP contribution in [0.25, 0.3) is 0 Å². The zero-order chi connectivity index (χ0) is 26.0. The molecule has 1 unspecified atom stereocenters. The van der Waals surface area contributed by atoms with Crippen LogP contribution in [0, 0.1) is 0 Å². The van der Waals surface area contributed by atoms with E-state index < -0.39 is 30.4 Å². The summed E-state index contributed by atoms with van der Waals surface area (Å²) in [5.74, 6) is 0. The fourth-order valence-corrected chi connectivity index (χ4v) is 2.60. The summed E-state index contributed by atoms with van der Waals surface area (Å²) in [6, 6.07) is -0.894. The number of amides is 3.